The predicted octanol–water partition coefficient (Wildman–Crippen LogP) is 2.95. The Morgan fingerprint density at radius 1 is 1.14 bits per heavy atom. The highest BCUT2D eigenvalue weighted by Gasteiger charge is 2.35. The molecule has 1 heterocycles. The number of anilines is 1. The number of nitrogens with zero attached hydrogens (tertiary/aromatic N) is 3. The highest BCUT2D eigenvalue weighted by Crippen LogP contribution is 2.43. The molecule has 2 bridgehead atoms. The monoisotopic (exact) mass is 280 g/mol. The normalized spacial score (nSPS) is 26.4. The van der Waals surface area contributed by atoms with Crippen LogP contribution in [0.3, 0.4) is 0 Å². The molecule has 4 rings (SSSR count). The summed E-state index contributed by atoms with van der Waals surface area (Å²) in [6.07, 6.45) is 10.9. The second kappa shape index (κ2) is 5.35. The Morgan fingerprint density at radius 2 is 2.05 bits per heavy atom. The fraction of sp³-hybridized carbons (Fsp3) is 0.412. The molecule has 1 aromatic carbocycles. The maximum Gasteiger partial charge on any atom is 0.137 e. The molecule has 0 radical (unpaired) electrons. The molecule has 2 aromatic rings. The minimum Gasteiger partial charge on any atom is -0.385 e. The van der Waals surface area contributed by atoms with Gasteiger partial charge in [0.25, 0.3) is 0 Å². The Kier molecular flexibility index (Phi) is 3.22. The Bertz CT molecular complexity index is 615. The second-order valence-electron chi connectivity index (χ2n) is 6.21. The summed E-state index contributed by atoms with van der Waals surface area (Å²) in [6.45, 7) is 1.87. The van der Waals surface area contributed by atoms with Gasteiger partial charge in [0.15, 0.2) is 0 Å². The van der Waals surface area contributed by atoms with Crippen molar-refractivity contribution < 1.29 is 0 Å². The zero-order valence-corrected chi connectivity index (χ0v) is 12.0. The van der Waals surface area contributed by atoms with E-state index in [1.807, 2.05) is 4.68 Å². The van der Waals surface area contributed by atoms with Crippen LogP contribution < -0.4 is 5.32 Å². The van der Waals surface area contributed by atoms with Crippen LogP contribution in [0.2, 0.25) is 0 Å². The first-order valence-electron chi connectivity index (χ1n) is 7.70. The van der Waals surface area contributed by atoms with Crippen molar-refractivity contribution in [2.75, 3.05) is 11.9 Å². The molecule has 21 heavy (non-hydrogen) atoms. The molecule has 1 saturated carbocycles. The van der Waals surface area contributed by atoms with Crippen LogP contribution in [0.15, 0.2) is 49.1 Å². The summed E-state index contributed by atoms with van der Waals surface area (Å²) < 4.78 is 1.84. The molecule has 4 heteroatoms. The third-order valence-electron chi connectivity index (χ3n) is 4.75. The molecule has 0 saturated heterocycles. The number of aromatic nitrogens is 3. The van der Waals surface area contributed by atoms with Crippen LogP contribution in [-0.2, 0) is 6.54 Å². The zero-order chi connectivity index (χ0) is 14.1. The van der Waals surface area contributed by atoms with E-state index in [1.165, 1.54) is 24.1 Å². The van der Waals surface area contributed by atoms with Crippen LogP contribution in [0, 0.1) is 17.8 Å². The number of fused-ring (bicyclic) bond motifs is 2. The van der Waals surface area contributed by atoms with Crippen molar-refractivity contribution >= 4 is 5.69 Å². The summed E-state index contributed by atoms with van der Waals surface area (Å²) in [5.74, 6) is 2.48. The van der Waals surface area contributed by atoms with Crippen LogP contribution in [0.25, 0.3) is 0 Å². The van der Waals surface area contributed by atoms with E-state index in [2.05, 4.69) is 51.8 Å². The van der Waals surface area contributed by atoms with Gasteiger partial charge in [0, 0.05) is 12.2 Å². The van der Waals surface area contributed by atoms with Crippen LogP contribution in [-0.4, -0.2) is 21.3 Å². The van der Waals surface area contributed by atoms with Gasteiger partial charge in [-0.1, -0.05) is 24.3 Å². The van der Waals surface area contributed by atoms with Crippen molar-refractivity contribution in [3.05, 3.63) is 54.6 Å². The van der Waals surface area contributed by atoms with Gasteiger partial charge < -0.3 is 5.32 Å². The van der Waals surface area contributed by atoms with Gasteiger partial charge >= 0.3 is 0 Å². The minimum absolute atomic E-state index is 0.775. The predicted molar refractivity (Wildman–Crippen MR) is 82.9 cm³/mol. The number of rotatable bonds is 5. The van der Waals surface area contributed by atoms with Crippen molar-refractivity contribution in [1.82, 2.24) is 14.8 Å². The Morgan fingerprint density at radius 3 is 2.71 bits per heavy atom. The lowest BCUT2D eigenvalue weighted by molar-refractivity contribution is 0.472. The molecule has 1 fully saturated rings. The lowest BCUT2D eigenvalue weighted by atomic mass is 9.93. The second-order valence-corrected chi connectivity index (χ2v) is 6.21. The third kappa shape index (κ3) is 2.71. The molecular weight excluding hydrogens is 260 g/mol. The van der Waals surface area contributed by atoms with Gasteiger partial charge in [0.05, 0.1) is 6.54 Å². The molecule has 0 spiro atoms. The highest BCUT2D eigenvalue weighted by atomic mass is 15.3. The fourth-order valence-electron chi connectivity index (χ4n) is 3.61. The number of allylic oxidation sites excluding steroid dienone is 2. The van der Waals surface area contributed by atoms with E-state index in [0.717, 1.165) is 30.8 Å². The molecular formula is C17H20N4. The average Bonchev–Trinajstić information content (AvgIpc) is 3.24. The Labute approximate surface area is 124 Å². The first kappa shape index (κ1) is 12.6. The van der Waals surface area contributed by atoms with Crippen LogP contribution in [0.1, 0.15) is 18.4 Å². The summed E-state index contributed by atoms with van der Waals surface area (Å²) in [5.41, 5.74) is 2.46. The molecule has 0 aliphatic heterocycles. The summed E-state index contributed by atoms with van der Waals surface area (Å²) in [5, 5.41) is 7.72. The van der Waals surface area contributed by atoms with Crippen molar-refractivity contribution in [2.45, 2.75) is 19.4 Å². The topological polar surface area (TPSA) is 42.7 Å². The number of hydrogen-bond acceptors (Lipinski definition) is 3. The molecule has 4 nitrogen and oxygen atoms in total. The zero-order valence-electron chi connectivity index (χ0n) is 12.0. The van der Waals surface area contributed by atoms with Gasteiger partial charge in [-0.3, -0.25) is 0 Å². The summed E-state index contributed by atoms with van der Waals surface area (Å²) >= 11 is 0. The van der Waals surface area contributed by atoms with Gasteiger partial charge in [-0.2, -0.15) is 5.10 Å². The van der Waals surface area contributed by atoms with Crippen molar-refractivity contribution in [2.24, 2.45) is 17.8 Å². The van der Waals surface area contributed by atoms with Gasteiger partial charge in [-0.15, -0.1) is 0 Å². The molecule has 108 valence electrons. The lowest BCUT2D eigenvalue weighted by Gasteiger charge is -2.19. The summed E-state index contributed by atoms with van der Waals surface area (Å²) in [6, 6.07) is 8.64. The Balaban J connectivity index is 1.33. The van der Waals surface area contributed by atoms with E-state index in [9.17, 15) is 0 Å². The van der Waals surface area contributed by atoms with Gasteiger partial charge in [0.1, 0.15) is 12.7 Å². The molecule has 1 N–H and O–H groups in total. The van der Waals surface area contributed by atoms with E-state index in [0.29, 0.717) is 0 Å². The smallest absolute Gasteiger partial charge is 0.137 e. The van der Waals surface area contributed by atoms with Gasteiger partial charge in [0.2, 0.25) is 0 Å². The number of benzene rings is 1. The largest absolute Gasteiger partial charge is 0.385 e. The maximum absolute atomic E-state index is 4.13. The van der Waals surface area contributed by atoms with Crippen molar-refractivity contribution in [3.63, 3.8) is 0 Å². The van der Waals surface area contributed by atoms with Gasteiger partial charge in [-0.25, -0.2) is 9.67 Å². The first-order chi connectivity index (χ1) is 10.4. The van der Waals surface area contributed by atoms with E-state index in [-0.39, 0.29) is 0 Å². The molecule has 3 unspecified atom stereocenters. The van der Waals surface area contributed by atoms with E-state index < -0.39 is 0 Å². The van der Waals surface area contributed by atoms with Crippen LogP contribution >= 0.6 is 0 Å². The maximum atomic E-state index is 4.13. The lowest BCUT2D eigenvalue weighted by Crippen LogP contribution is -2.18. The average molecular weight is 280 g/mol. The van der Waals surface area contributed by atoms with Crippen LogP contribution in [0.5, 0.6) is 0 Å². The number of nitrogens with one attached hydrogen (secondary N) is 1. The molecule has 2 aliphatic carbocycles. The third-order valence-corrected chi connectivity index (χ3v) is 4.75. The van der Waals surface area contributed by atoms with Crippen molar-refractivity contribution in [1.29, 1.82) is 0 Å². The minimum atomic E-state index is 0.775. The van der Waals surface area contributed by atoms with Gasteiger partial charge in [-0.05, 0) is 48.3 Å². The van der Waals surface area contributed by atoms with E-state index in [1.54, 1.807) is 12.7 Å². The van der Waals surface area contributed by atoms with Crippen molar-refractivity contribution in [3.8, 4) is 0 Å². The Hall–Kier alpha value is -2.10. The molecule has 1 aromatic heterocycles. The SMILES string of the molecule is C1=CC2CC1CC2CNc1ccc(Cn2cncn2)cc1. The summed E-state index contributed by atoms with van der Waals surface area (Å²) in [4.78, 5) is 3.96. The van der Waals surface area contributed by atoms with Crippen LogP contribution in [0.4, 0.5) is 5.69 Å². The van der Waals surface area contributed by atoms with E-state index in [4.69, 9.17) is 0 Å². The van der Waals surface area contributed by atoms with E-state index >= 15 is 0 Å². The fourth-order valence-corrected chi connectivity index (χ4v) is 3.61. The highest BCUT2D eigenvalue weighted by molar-refractivity contribution is 5.44. The molecule has 3 atom stereocenters. The molecule has 0 amide bonds. The summed E-state index contributed by atoms with van der Waals surface area (Å²) in [7, 11) is 0. The number of hydrogen-bond donors (Lipinski definition) is 1. The first-order valence-corrected chi connectivity index (χ1v) is 7.70. The quantitative estimate of drug-likeness (QED) is 0.856. The molecule has 2 aliphatic rings. The standard InChI is InChI=1S/C17H20N4/c1-4-15-7-14(1)8-16(15)9-19-17-5-2-13(3-6-17)10-21-12-18-11-20-21/h1-6,11-12,14-16,19H,7-10H2.